The topological polar surface area (TPSA) is 29.5 Å². The molecule has 0 fully saturated rings. The van der Waals surface area contributed by atoms with Crippen LogP contribution in [0.15, 0.2) is 72.8 Å². The predicted octanol–water partition coefficient (Wildman–Crippen LogP) is 4.82. The maximum atomic E-state index is 12.9. The maximum Gasteiger partial charge on any atom is 0.314 e. The normalized spacial score (nSPS) is 17.6. The van der Waals surface area contributed by atoms with Gasteiger partial charge in [0, 0.05) is 25.7 Å². The third-order valence-electron chi connectivity index (χ3n) is 5.44. The first kappa shape index (κ1) is 17.3. The maximum absolute atomic E-state index is 12.9. The molecule has 27 heavy (non-hydrogen) atoms. The van der Waals surface area contributed by atoms with Gasteiger partial charge >= 0.3 is 5.97 Å². The Labute approximate surface area is 160 Å². The van der Waals surface area contributed by atoms with Crippen LogP contribution in [-0.2, 0) is 9.53 Å². The molecular formula is C24H23NO2. The Kier molecular flexibility index (Phi) is 4.44. The van der Waals surface area contributed by atoms with Gasteiger partial charge in [0.25, 0.3) is 0 Å². The summed E-state index contributed by atoms with van der Waals surface area (Å²) >= 11 is 0. The van der Waals surface area contributed by atoms with E-state index in [2.05, 4.69) is 53.4 Å². The monoisotopic (exact) mass is 357 g/mol. The first-order chi connectivity index (χ1) is 13.1. The minimum atomic E-state index is -0.355. The summed E-state index contributed by atoms with van der Waals surface area (Å²) < 4.78 is 5.23. The highest BCUT2D eigenvalue weighted by Crippen LogP contribution is 2.50. The van der Waals surface area contributed by atoms with E-state index >= 15 is 0 Å². The molecule has 2 unspecified atom stereocenters. The van der Waals surface area contributed by atoms with Gasteiger partial charge in [-0.05, 0) is 39.9 Å². The molecule has 0 aliphatic heterocycles. The van der Waals surface area contributed by atoms with E-state index in [0.29, 0.717) is 0 Å². The van der Waals surface area contributed by atoms with E-state index in [-0.39, 0.29) is 17.8 Å². The van der Waals surface area contributed by atoms with Crippen LogP contribution in [0.25, 0.3) is 11.1 Å². The summed E-state index contributed by atoms with van der Waals surface area (Å²) in [5.41, 5.74) is 6.77. The second-order valence-electron chi connectivity index (χ2n) is 7.14. The van der Waals surface area contributed by atoms with E-state index in [1.807, 2.05) is 38.4 Å². The Morgan fingerprint density at radius 2 is 1.37 bits per heavy atom. The van der Waals surface area contributed by atoms with Crippen LogP contribution in [0.3, 0.4) is 0 Å². The minimum absolute atomic E-state index is 0.0697. The van der Waals surface area contributed by atoms with Gasteiger partial charge in [0.1, 0.15) is 0 Å². The van der Waals surface area contributed by atoms with Crippen molar-refractivity contribution in [1.82, 2.24) is 0 Å². The average molecular weight is 357 g/mol. The number of anilines is 1. The van der Waals surface area contributed by atoms with Crippen LogP contribution in [0.1, 0.15) is 28.5 Å². The molecule has 3 heteroatoms. The van der Waals surface area contributed by atoms with E-state index in [1.165, 1.54) is 18.2 Å². The highest BCUT2D eigenvalue weighted by molar-refractivity contribution is 5.88. The zero-order chi connectivity index (χ0) is 19.0. The van der Waals surface area contributed by atoms with Gasteiger partial charge in [0.15, 0.2) is 0 Å². The molecule has 0 amide bonds. The Morgan fingerprint density at radius 3 is 1.96 bits per heavy atom. The Morgan fingerprint density at radius 1 is 0.815 bits per heavy atom. The van der Waals surface area contributed by atoms with Gasteiger partial charge in [-0.3, -0.25) is 4.79 Å². The fraction of sp³-hybridized carbons (Fsp3) is 0.208. The van der Waals surface area contributed by atoms with E-state index < -0.39 is 0 Å². The predicted molar refractivity (Wildman–Crippen MR) is 109 cm³/mol. The number of carbonyl (C=O) groups is 1. The molecular weight excluding hydrogens is 334 g/mol. The van der Waals surface area contributed by atoms with E-state index in [4.69, 9.17) is 4.74 Å². The number of esters is 1. The molecule has 1 aliphatic rings. The molecule has 0 spiro atoms. The molecule has 3 aromatic carbocycles. The number of hydrogen-bond donors (Lipinski definition) is 0. The lowest BCUT2D eigenvalue weighted by Crippen LogP contribution is -2.26. The standard InChI is InChI=1S/C24H23NO2/c1-25(2)17-14-12-16(13-15-17)22-20-10-6-4-8-18(20)19-9-5-7-11-21(19)23(22)24(26)27-3/h4-15,22-23H,1-3H3. The zero-order valence-corrected chi connectivity index (χ0v) is 15.8. The number of carbonyl (C=O) groups excluding carboxylic acids is 1. The Balaban J connectivity index is 1.94. The SMILES string of the molecule is COC(=O)C1c2ccccc2-c2ccccc2C1c1ccc(N(C)C)cc1. The molecule has 3 nitrogen and oxygen atoms in total. The van der Waals surface area contributed by atoms with Crippen LogP contribution in [0.2, 0.25) is 0 Å². The molecule has 4 rings (SSSR count). The molecule has 0 bridgehead atoms. The first-order valence-corrected chi connectivity index (χ1v) is 9.15. The third kappa shape index (κ3) is 2.89. The van der Waals surface area contributed by atoms with Gasteiger partial charge in [0.05, 0.1) is 13.0 Å². The molecule has 0 radical (unpaired) electrons. The van der Waals surface area contributed by atoms with Crippen molar-refractivity contribution < 1.29 is 9.53 Å². The number of rotatable bonds is 3. The second kappa shape index (κ2) is 6.92. The van der Waals surface area contributed by atoms with Crippen LogP contribution in [0.4, 0.5) is 5.69 Å². The van der Waals surface area contributed by atoms with Crippen LogP contribution in [-0.4, -0.2) is 27.2 Å². The lowest BCUT2D eigenvalue weighted by molar-refractivity contribution is -0.142. The summed E-state index contributed by atoms with van der Waals surface area (Å²) in [6.07, 6.45) is 0. The highest BCUT2D eigenvalue weighted by atomic mass is 16.5. The first-order valence-electron chi connectivity index (χ1n) is 9.15. The summed E-state index contributed by atoms with van der Waals surface area (Å²) in [4.78, 5) is 14.9. The van der Waals surface area contributed by atoms with Crippen molar-refractivity contribution in [1.29, 1.82) is 0 Å². The summed E-state index contributed by atoms with van der Waals surface area (Å²) in [5.74, 6) is -0.621. The fourth-order valence-corrected chi connectivity index (χ4v) is 4.13. The van der Waals surface area contributed by atoms with Crippen molar-refractivity contribution in [3.05, 3.63) is 89.5 Å². The van der Waals surface area contributed by atoms with Crippen molar-refractivity contribution in [2.45, 2.75) is 11.8 Å². The number of fused-ring (bicyclic) bond motifs is 3. The van der Waals surface area contributed by atoms with Crippen molar-refractivity contribution >= 4 is 11.7 Å². The zero-order valence-electron chi connectivity index (χ0n) is 15.8. The summed E-state index contributed by atoms with van der Waals surface area (Å²) in [5, 5.41) is 0. The van der Waals surface area contributed by atoms with Gasteiger partial charge in [0.2, 0.25) is 0 Å². The van der Waals surface area contributed by atoms with Gasteiger partial charge in [-0.2, -0.15) is 0 Å². The van der Waals surface area contributed by atoms with E-state index in [9.17, 15) is 4.79 Å². The van der Waals surface area contributed by atoms with Gasteiger partial charge in [-0.1, -0.05) is 60.7 Å². The summed E-state index contributed by atoms with van der Waals surface area (Å²) in [7, 11) is 5.52. The smallest absolute Gasteiger partial charge is 0.314 e. The number of hydrogen-bond acceptors (Lipinski definition) is 3. The van der Waals surface area contributed by atoms with Crippen LogP contribution >= 0.6 is 0 Å². The molecule has 1 aliphatic carbocycles. The quantitative estimate of drug-likeness (QED) is 0.629. The number of nitrogens with zero attached hydrogens (tertiary/aromatic N) is 1. The minimum Gasteiger partial charge on any atom is -0.469 e. The lowest BCUT2D eigenvalue weighted by atomic mass is 9.69. The van der Waals surface area contributed by atoms with Crippen molar-refractivity contribution in [2.75, 3.05) is 26.1 Å². The third-order valence-corrected chi connectivity index (χ3v) is 5.44. The van der Waals surface area contributed by atoms with E-state index in [0.717, 1.165) is 22.4 Å². The van der Waals surface area contributed by atoms with E-state index in [1.54, 1.807) is 0 Å². The molecule has 0 heterocycles. The molecule has 2 atom stereocenters. The van der Waals surface area contributed by atoms with Crippen LogP contribution < -0.4 is 4.90 Å². The second-order valence-corrected chi connectivity index (χ2v) is 7.14. The summed E-state index contributed by atoms with van der Waals surface area (Å²) in [6, 6.07) is 25.0. The fourth-order valence-electron chi connectivity index (χ4n) is 4.13. The molecule has 0 N–H and O–H groups in total. The Hall–Kier alpha value is -3.07. The molecule has 0 saturated carbocycles. The number of benzene rings is 3. The van der Waals surface area contributed by atoms with Gasteiger partial charge in [-0.25, -0.2) is 0 Å². The number of ether oxygens (including phenoxy) is 1. The molecule has 0 aromatic heterocycles. The largest absolute Gasteiger partial charge is 0.469 e. The Bertz CT molecular complexity index is 976. The molecule has 3 aromatic rings. The lowest BCUT2D eigenvalue weighted by Gasteiger charge is -2.34. The summed E-state index contributed by atoms with van der Waals surface area (Å²) in [6.45, 7) is 0. The van der Waals surface area contributed by atoms with Gasteiger partial charge in [-0.15, -0.1) is 0 Å². The van der Waals surface area contributed by atoms with Crippen LogP contribution in [0, 0.1) is 0 Å². The van der Waals surface area contributed by atoms with Crippen molar-refractivity contribution in [3.8, 4) is 11.1 Å². The average Bonchev–Trinajstić information content (AvgIpc) is 2.72. The van der Waals surface area contributed by atoms with Gasteiger partial charge < -0.3 is 9.64 Å². The van der Waals surface area contributed by atoms with Crippen molar-refractivity contribution in [2.24, 2.45) is 0 Å². The molecule has 0 saturated heterocycles. The molecule has 136 valence electrons. The highest BCUT2D eigenvalue weighted by Gasteiger charge is 2.39. The van der Waals surface area contributed by atoms with Crippen LogP contribution in [0.5, 0.6) is 0 Å². The number of methoxy groups -OCH3 is 1. The van der Waals surface area contributed by atoms with Crippen molar-refractivity contribution in [3.63, 3.8) is 0 Å².